The first kappa shape index (κ1) is 30.5. The Kier molecular flexibility index (Phi) is 7.35. The summed E-state index contributed by atoms with van der Waals surface area (Å²) in [5.41, 5.74) is -21.7. The van der Waals surface area contributed by atoms with Crippen LogP contribution in [0.5, 0.6) is 0 Å². The average Bonchev–Trinajstić information content (AvgIpc) is 2.62. The molecule has 0 saturated carbocycles. The van der Waals surface area contributed by atoms with Gasteiger partial charge in [0.25, 0.3) is 0 Å². The summed E-state index contributed by atoms with van der Waals surface area (Å²) in [4.78, 5) is 0. The summed E-state index contributed by atoms with van der Waals surface area (Å²) in [5, 5.41) is 0. The lowest BCUT2D eigenvalue weighted by atomic mass is 9.57. The van der Waals surface area contributed by atoms with Crippen LogP contribution < -0.4 is 10.9 Å². The number of benzene rings is 2. The summed E-state index contributed by atoms with van der Waals surface area (Å²) in [6.45, 7) is 0. The van der Waals surface area contributed by atoms with E-state index in [1.165, 1.54) is 0 Å². The fraction of sp³-hybridized carbons (Fsp3) is 0.333. The molecule has 0 heterocycles. The maximum atomic E-state index is 13.4. The van der Waals surface area contributed by atoms with E-state index in [0.717, 1.165) is 0 Å². The molecule has 2 aromatic rings. The van der Waals surface area contributed by atoms with Crippen molar-refractivity contribution >= 4 is 18.2 Å². The topological polar surface area (TPSA) is 0 Å². The van der Waals surface area contributed by atoms with E-state index in [-0.39, 0.29) is 0 Å². The SMILES string of the molecule is FC(F)(F)c1cc(C(F)(F)F)c(Bc2c(C(F)(F)F)cc(C(F)(F)F)cc2C(F)(F)F)c(C(F)(F)F)c1. The van der Waals surface area contributed by atoms with Crippen molar-refractivity contribution in [2.75, 3.05) is 0 Å². The second-order valence-corrected chi connectivity index (χ2v) is 7.26. The van der Waals surface area contributed by atoms with Crippen molar-refractivity contribution in [1.29, 1.82) is 0 Å². The van der Waals surface area contributed by atoms with E-state index in [0.29, 0.717) is 0 Å². The van der Waals surface area contributed by atoms with Crippen LogP contribution in [0.25, 0.3) is 0 Å². The van der Waals surface area contributed by atoms with Crippen LogP contribution in [0.4, 0.5) is 79.0 Å². The van der Waals surface area contributed by atoms with Crippen molar-refractivity contribution in [2.24, 2.45) is 0 Å². The number of rotatable bonds is 2. The smallest absolute Gasteiger partial charge is 0.166 e. The predicted molar refractivity (Wildman–Crippen MR) is 89.3 cm³/mol. The Bertz CT molecular complexity index is 993. The second-order valence-electron chi connectivity index (χ2n) is 7.26. The van der Waals surface area contributed by atoms with Gasteiger partial charge in [-0.15, -0.1) is 0 Å². The Morgan fingerprint density at radius 2 is 0.514 bits per heavy atom. The molecule has 0 nitrogen and oxygen atoms in total. The molecule has 0 bridgehead atoms. The molecular formula is C18H5BF18. The highest BCUT2D eigenvalue weighted by atomic mass is 19.4. The van der Waals surface area contributed by atoms with Crippen LogP contribution >= 0.6 is 0 Å². The Balaban J connectivity index is 3.12. The van der Waals surface area contributed by atoms with Crippen molar-refractivity contribution in [3.63, 3.8) is 0 Å². The Labute approximate surface area is 193 Å². The third-order valence-corrected chi connectivity index (χ3v) is 4.73. The van der Waals surface area contributed by atoms with E-state index in [1.54, 1.807) is 0 Å². The van der Waals surface area contributed by atoms with Crippen molar-refractivity contribution in [3.8, 4) is 0 Å². The van der Waals surface area contributed by atoms with Crippen LogP contribution in [-0.2, 0) is 37.1 Å². The zero-order valence-electron chi connectivity index (χ0n) is 16.8. The lowest BCUT2D eigenvalue weighted by Crippen LogP contribution is -2.44. The van der Waals surface area contributed by atoms with Gasteiger partial charge in [-0.05, 0) is 24.3 Å². The van der Waals surface area contributed by atoms with Gasteiger partial charge in [0.2, 0.25) is 0 Å². The van der Waals surface area contributed by atoms with Crippen LogP contribution in [0.1, 0.15) is 33.4 Å². The quantitative estimate of drug-likeness (QED) is 0.264. The van der Waals surface area contributed by atoms with Gasteiger partial charge in [0.1, 0.15) is 0 Å². The molecule has 0 aliphatic heterocycles. The van der Waals surface area contributed by atoms with Gasteiger partial charge in [-0.3, -0.25) is 0 Å². The maximum Gasteiger partial charge on any atom is 0.416 e. The number of hydrogen-bond donors (Lipinski definition) is 0. The normalized spacial score (nSPS) is 14.2. The van der Waals surface area contributed by atoms with Gasteiger partial charge in [0.15, 0.2) is 7.28 Å². The van der Waals surface area contributed by atoms with Gasteiger partial charge in [0.05, 0.1) is 33.4 Å². The lowest BCUT2D eigenvalue weighted by Gasteiger charge is -2.24. The molecule has 0 aliphatic rings. The lowest BCUT2D eigenvalue weighted by molar-refractivity contribution is -0.149. The first-order chi connectivity index (χ1) is 16.1. The molecule has 0 N–H and O–H groups in total. The Morgan fingerprint density at radius 1 is 0.324 bits per heavy atom. The summed E-state index contributed by atoms with van der Waals surface area (Å²) < 4.78 is 239. The molecule has 0 aliphatic carbocycles. The molecule has 2 rings (SSSR count). The van der Waals surface area contributed by atoms with Gasteiger partial charge in [-0.2, -0.15) is 79.0 Å². The summed E-state index contributed by atoms with van der Waals surface area (Å²) in [5.74, 6) is 0. The van der Waals surface area contributed by atoms with E-state index >= 15 is 0 Å². The molecule has 0 saturated heterocycles. The Morgan fingerprint density at radius 3 is 0.649 bits per heavy atom. The monoisotopic (exact) mass is 574 g/mol. The molecule has 206 valence electrons. The minimum atomic E-state index is -6.18. The van der Waals surface area contributed by atoms with E-state index in [9.17, 15) is 79.0 Å². The van der Waals surface area contributed by atoms with Crippen LogP contribution in [0, 0.1) is 0 Å². The highest BCUT2D eigenvalue weighted by Gasteiger charge is 2.48. The van der Waals surface area contributed by atoms with Crippen LogP contribution in [0.15, 0.2) is 24.3 Å². The number of halogens is 18. The molecule has 37 heavy (non-hydrogen) atoms. The summed E-state index contributed by atoms with van der Waals surface area (Å²) >= 11 is 0. The van der Waals surface area contributed by atoms with Crippen molar-refractivity contribution in [3.05, 3.63) is 57.6 Å². The molecule has 0 unspecified atom stereocenters. The van der Waals surface area contributed by atoms with Gasteiger partial charge >= 0.3 is 37.1 Å². The molecule has 0 fully saturated rings. The fourth-order valence-electron chi connectivity index (χ4n) is 3.24. The van der Waals surface area contributed by atoms with Crippen molar-refractivity contribution in [1.82, 2.24) is 0 Å². The third kappa shape index (κ3) is 6.77. The maximum absolute atomic E-state index is 13.4. The average molecular weight is 574 g/mol. The highest BCUT2D eigenvalue weighted by molar-refractivity contribution is 6.69. The summed E-state index contributed by atoms with van der Waals surface area (Å²) in [7, 11) is -2.64. The largest absolute Gasteiger partial charge is 0.416 e. The van der Waals surface area contributed by atoms with Crippen LogP contribution in [0.3, 0.4) is 0 Å². The molecule has 0 spiro atoms. The van der Waals surface area contributed by atoms with Crippen molar-refractivity contribution < 1.29 is 79.0 Å². The molecular weight excluding hydrogens is 569 g/mol. The minimum Gasteiger partial charge on any atom is -0.166 e. The van der Waals surface area contributed by atoms with Crippen LogP contribution in [0.2, 0.25) is 0 Å². The van der Waals surface area contributed by atoms with Crippen molar-refractivity contribution in [2.45, 2.75) is 37.1 Å². The standard InChI is InChI=1S/C18H5BF18/c20-13(21,22)5-1-7(15(26,27)28)11(8(2-5)16(29,30)31)19-12-9(17(32,33)34)3-6(14(23,24)25)4-10(12)18(35,36)37/h1-4,19H. The zero-order valence-corrected chi connectivity index (χ0v) is 16.8. The minimum absolute atomic E-state index is 0.963. The van der Waals surface area contributed by atoms with E-state index in [2.05, 4.69) is 0 Å². The first-order valence-electron chi connectivity index (χ1n) is 8.92. The second kappa shape index (κ2) is 8.92. The van der Waals surface area contributed by atoms with Gasteiger partial charge in [-0.1, -0.05) is 10.9 Å². The van der Waals surface area contributed by atoms with Gasteiger partial charge < -0.3 is 0 Å². The van der Waals surface area contributed by atoms with Gasteiger partial charge in [-0.25, -0.2) is 0 Å². The summed E-state index contributed by atoms with van der Waals surface area (Å²) in [6, 6.07) is -3.85. The predicted octanol–water partition coefficient (Wildman–Crippen LogP) is 7.19. The molecule has 2 aromatic carbocycles. The fourth-order valence-corrected chi connectivity index (χ4v) is 3.24. The Hall–Kier alpha value is -2.76. The third-order valence-electron chi connectivity index (χ3n) is 4.73. The molecule has 0 atom stereocenters. The number of alkyl halides is 18. The molecule has 0 amide bonds. The van der Waals surface area contributed by atoms with Crippen LogP contribution in [-0.4, -0.2) is 7.28 Å². The van der Waals surface area contributed by atoms with E-state index in [4.69, 9.17) is 0 Å². The summed E-state index contributed by atoms with van der Waals surface area (Å²) in [6.07, 6.45) is -36.5. The molecule has 0 aromatic heterocycles. The highest BCUT2D eigenvalue weighted by Crippen LogP contribution is 2.42. The van der Waals surface area contributed by atoms with Gasteiger partial charge in [0, 0.05) is 0 Å². The van der Waals surface area contributed by atoms with E-state index < -0.39 is 113 Å². The molecule has 19 heteroatoms. The van der Waals surface area contributed by atoms with E-state index in [1.807, 2.05) is 0 Å². The molecule has 0 radical (unpaired) electrons. The number of hydrogen-bond acceptors (Lipinski definition) is 0. The zero-order chi connectivity index (χ0) is 29.2. The first-order valence-corrected chi connectivity index (χ1v) is 8.92.